The number of benzene rings is 1. The van der Waals surface area contributed by atoms with Crippen molar-refractivity contribution in [3.05, 3.63) is 34.2 Å². The summed E-state index contributed by atoms with van der Waals surface area (Å²) in [6.45, 7) is 7.33. The zero-order chi connectivity index (χ0) is 18.8. The number of nitrogens with one attached hydrogen (secondary N) is 1. The normalized spacial score (nSPS) is 24.4. The zero-order valence-corrected chi connectivity index (χ0v) is 18.0. The third kappa shape index (κ3) is 4.47. The molecular formula is C22H34ClN3O2. The van der Waals surface area contributed by atoms with Gasteiger partial charge in [-0.2, -0.15) is 0 Å². The number of imidazole rings is 1. The van der Waals surface area contributed by atoms with E-state index < -0.39 is 0 Å². The Morgan fingerprint density at radius 2 is 1.93 bits per heavy atom. The van der Waals surface area contributed by atoms with Gasteiger partial charge in [-0.1, -0.05) is 13.0 Å². The van der Waals surface area contributed by atoms with Crippen LogP contribution in [-0.4, -0.2) is 46.3 Å². The van der Waals surface area contributed by atoms with Crippen molar-refractivity contribution in [3.8, 4) is 0 Å². The van der Waals surface area contributed by atoms with Gasteiger partial charge in [-0.05, 0) is 69.6 Å². The first kappa shape index (κ1) is 21.4. The van der Waals surface area contributed by atoms with Crippen LogP contribution in [-0.2, 0) is 4.74 Å². The number of aromatic nitrogens is 2. The number of rotatable bonds is 5. The minimum absolute atomic E-state index is 0. The molecule has 0 amide bonds. The van der Waals surface area contributed by atoms with Crippen LogP contribution in [0, 0.1) is 6.92 Å². The van der Waals surface area contributed by atoms with Crippen molar-refractivity contribution in [2.45, 2.75) is 77.0 Å². The number of halogens is 1. The zero-order valence-electron chi connectivity index (χ0n) is 17.2. The Hall–Kier alpha value is -1.30. The van der Waals surface area contributed by atoms with Crippen LogP contribution in [0.4, 0.5) is 0 Å². The first-order chi connectivity index (χ1) is 13.2. The first-order valence-electron chi connectivity index (χ1n) is 10.7. The number of hydrogen-bond donors (Lipinski definition) is 1. The SMILES string of the molecule is CCCOC1CCCC(N2CCC(n3c(=O)[nH]c4ccc(C)cc43)CC2)C1.Cl. The van der Waals surface area contributed by atoms with E-state index in [4.69, 9.17) is 4.74 Å². The maximum atomic E-state index is 12.6. The number of fused-ring (bicyclic) bond motifs is 1. The van der Waals surface area contributed by atoms with E-state index in [1.54, 1.807) is 0 Å². The molecule has 2 atom stereocenters. The summed E-state index contributed by atoms with van der Waals surface area (Å²) in [4.78, 5) is 18.2. The summed E-state index contributed by atoms with van der Waals surface area (Å²) in [6.07, 6.45) is 8.62. The molecule has 5 nitrogen and oxygen atoms in total. The molecule has 28 heavy (non-hydrogen) atoms. The minimum Gasteiger partial charge on any atom is -0.378 e. The van der Waals surface area contributed by atoms with E-state index in [1.807, 2.05) is 10.6 Å². The fourth-order valence-electron chi connectivity index (χ4n) is 4.99. The highest BCUT2D eigenvalue weighted by Crippen LogP contribution is 2.31. The van der Waals surface area contributed by atoms with Crippen molar-refractivity contribution in [2.75, 3.05) is 19.7 Å². The van der Waals surface area contributed by atoms with Gasteiger partial charge in [0.1, 0.15) is 0 Å². The summed E-state index contributed by atoms with van der Waals surface area (Å²) in [5.74, 6) is 0. The van der Waals surface area contributed by atoms with Gasteiger partial charge in [-0.3, -0.25) is 4.57 Å². The summed E-state index contributed by atoms with van der Waals surface area (Å²) in [5.41, 5.74) is 3.26. The molecule has 0 radical (unpaired) electrons. The molecular weight excluding hydrogens is 374 g/mol. The molecule has 2 aromatic rings. The van der Waals surface area contributed by atoms with E-state index in [0.717, 1.165) is 50.0 Å². The fourth-order valence-corrected chi connectivity index (χ4v) is 4.99. The molecule has 2 aliphatic rings. The van der Waals surface area contributed by atoms with Crippen LogP contribution in [0.15, 0.2) is 23.0 Å². The van der Waals surface area contributed by atoms with Crippen LogP contribution in [0.25, 0.3) is 11.0 Å². The highest BCUT2D eigenvalue weighted by atomic mass is 35.5. The van der Waals surface area contributed by atoms with Crippen molar-refractivity contribution in [2.24, 2.45) is 0 Å². The van der Waals surface area contributed by atoms with Gasteiger partial charge in [0.15, 0.2) is 0 Å². The number of aryl methyl sites for hydroxylation is 1. The Labute approximate surface area is 173 Å². The molecule has 6 heteroatoms. The minimum atomic E-state index is 0. The molecule has 156 valence electrons. The lowest BCUT2D eigenvalue weighted by atomic mass is 9.90. The molecule has 0 bridgehead atoms. The van der Waals surface area contributed by atoms with Crippen LogP contribution in [0.3, 0.4) is 0 Å². The maximum Gasteiger partial charge on any atom is 0.326 e. The summed E-state index contributed by atoms with van der Waals surface area (Å²) in [6, 6.07) is 7.18. The van der Waals surface area contributed by atoms with Gasteiger partial charge in [-0.15, -0.1) is 12.4 Å². The van der Waals surface area contributed by atoms with Crippen molar-refractivity contribution in [1.29, 1.82) is 0 Å². The molecule has 1 aromatic carbocycles. The monoisotopic (exact) mass is 407 g/mol. The van der Waals surface area contributed by atoms with Gasteiger partial charge in [0.25, 0.3) is 0 Å². The van der Waals surface area contributed by atoms with Gasteiger partial charge in [0, 0.05) is 31.8 Å². The van der Waals surface area contributed by atoms with Crippen LogP contribution < -0.4 is 5.69 Å². The van der Waals surface area contributed by atoms with Gasteiger partial charge in [0.05, 0.1) is 17.1 Å². The largest absolute Gasteiger partial charge is 0.378 e. The molecule has 1 aliphatic carbocycles. The molecule has 2 fully saturated rings. The third-order valence-corrected chi connectivity index (χ3v) is 6.41. The number of aromatic amines is 1. The van der Waals surface area contributed by atoms with Crippen molar-refractivity contribution in [3.63, 3.8) is 0 Å². The highest BCUT2D eigenvalue weighted by molar-refractivity contribution is 5.85. The molecule has 0 spiro atoms. The van der Waals surface area contributed by atoms with Gasteiger partial charge in [-0.25, -0.2) is 4.79 Å². The molecule has 2 heterocycles. The van der Waals surface area contributed by atoms with E-state index in [9.17, 15) is 4.79 Å². The second-order valence-electron chi connectivity index (χ2n) is 8.40. The van der Waals surface area contributed by atoms with E-state index in [-0.39, 0.29) is 18.1 Å². The molecule has 1 aromatic heterocycles. The summed E-state index contributed by atoms with van der Waals surface area (Å²) < 4.78 is 8.04. The number of ether oxygens (including phenoxy) is 1. The lowest BCUT2D eigenvalue weighted by molar-refractivity contribution is -0.00714. The molecule has 1 saturated carbocycles. The van der Waals surface area contributed by atoms with Crippen molar-refractivity contribution < 1.29 is 4.74 Å². The molecule has 2 unspecified atom stereocenters. The van der Waals surface area contributed by atoms with E-state index in [1.165, 1.54) is 31.2 Å². The van der Waals surface area contributed by atoms with Gasteiger partial charge in [0.2, 0.25) is 0 Å². The number of hydrogen-bond acceptors (Lipinski definition) is 3. The standard InChI is InChI=1S/C22H33N3O2.ClH/c1-3-13-27-19-6-4-5-18(15-19)24-11-9-17(10-12-24)25-21-14-16(2)7-8-20(21)23-22(25)26;/h7-8,14,17-19H,3-6,9-13,15H2,1-2H3,(H,23,26);1H. The third-order valence-electron chi connectivity index (χ3n) is 6.41. The second-order valence-corrected chi connectivity index (χ2v) is 8.40. The van der Waals surface area contributed by atoms with Crippen LogP contribution >= 0.6 is 12.4 Å². The Morgan fingerprint density at radius 3 is 2.68 bits per heavy atom. The predicted molar refractivity (Wildman–Crippen MR) is 117 cm³/mol. The number of piperidine rings is 1. The Balaban J connectivity index is 0.00000225. The molecule has 4 rings (SSSR count). The first-order valence-corrected chi connectivity index (χ1v) is 10.7. The maximum absolute atomic E-state index is 12.6. The quantitative estimate of drug-likeness (QED) is 0.797. The van der Waals surface area contributed by atoms with Crippen molar-refractivity contribution in [1.82, 2.24) is 14.5 Å². The smallest absolute Gasteiger partial charge is 0.326 e. The predicted octanol–water partition coefficient (Wildman–Crippen LogP) is 4.43. The number of H-pyrrole nitrogens is 1. The molecule has 1 N–H and O–H groups in total. The van der Waals surface area contributed by atoms with Crippen LogP contribution in [0.1, 0.15) is 63.5 Å². The average Bonchev–Trinajstić information content (AvgIpc) is 3.01. The van der Waals surface area contributed by atoms with Crippen LogP contribution in [0.5, 0.6) is 0 Å². The topological polar surface area (TPSA) is 50.3 Å². The summed E-state index contributed by atoms with van der Waals surface area (Å²) in [5, 5.41) is 0. The Kier molecular flexibility index (Phi) is 7.24. The average molecular weight is 408 g/mol. The summed E-state index contributed by atoms with van der Waals surface area (Å²) in [7, 11) is 0. The van der Waals surface area contributed by atoms with Gasteiger partial charge >= 0.3 is 5.69 Å². The lowest BCUT2D eigenvalue weighted by Gasteiger charge is -2.41. The molecule has 1 aliphatic heterocycles. The number of nitrogens with zero attached hydrogens (tertiary/aromatic N) is 2. The Morgan fingerprint density at radius 1 is 1.14 bits per heavy atom. The van der Waals surface area contributed by atoms with E-state index in [0.29, 0.717) is 18.2 Å². The molecule has 1 saturated heterocycles. The second kappa shape index (κ2) is 9.47. The highest BCUT2D eigenvalue weighted by Gasteiger charge is 2.31. The fraction of sp³-hybridized carbons (Fsp3) is 0.682. The van der Waals surface area contributed by atoms with Crippen LogP contribution in [0.2, 0.25) is 0 Å². The van der Waals surface area contributed by atoms with E-state index in [2.05, 4.69) is 35.9 Å². The number of likely N-dealkylation sites (tertiary alicyclic amines) is 1. The van der Waals surface area contributed by atoms with E-state index >= 15 is 0 Å². The summed E-state index contributed by atoms with van der Waals surface area (Å²) >= 11 is 0. The van der Waals surface area contributed by atoms with Crippen molar-refractivity contribution >= 4 is 23.4 Å². The lowest BCUT2D eigenvalue weighted by Crippen LogP contribution is -2.46. The Bertz CT molecular complexity index is 823. The van der Waals surface area contributed by atoms with Gasteiger partial charge < -0.3 is 14.6 Å².